The lowest BCUT2D eigenvalue weighted by atomic mass is 10.1. The monoisotopic (exact) mass is 292 g/mol. The molecule has 1 aromatic heterocycles. The first kappa shape index (κ1) is 14.9. The van der Waals surface area contributed by atoms with E-state index in [2.05, 4.69) is 86.1 Å². The van der Waals surface area contributed by atoms with E-state index in [-0.39, 0.29) is 0 Å². The predicted molar refractivity (Wildman–Crippen MR) is 95.0 cm³/mol. The van der Waals surface area contributed by atoms with E-state index < -0.39 is 0 Å². The van der Waals surface area contributed by atoms with Crippen molar-refractivity contribution in [2.75, 3.05) is 20.6 Å². The second-order valence-electron chi connectivity index (χ2n) is 6.31. The molecule has 0 aliphatic heterocycles. The Labute approximate surface area is 133 Å². The van der Waals surface area contributed by atoms with E-state index >= 15 is 0 Å². The number of rotatable bonds is 4. The minimum atomic E-state index is 1.07. The highest BCUT2D eigenvalue weighted by Crippen LogP contribution is 2.27. The van der Waals surface area contributed by atoms with Gasteiger partial charge in [0.2, 0.25) is 0 Å². The molecule has 2 heteroatoms. The number of fused-ring (bicyclic) bond motifs is 1. The second-order valence-corrected chi connectivity index (χ2v) is 6.31. The summed E-state index contributed by atoms with van der Waals surface area (Å²) in [5.74, 6) is 0. The van der Waals surface area contributed by atoms with Gasteiger partial charge in [0.25, 0.3) is 0 Å². The highest BCUT2D eigenvalue weighted by molar-refractivity contribution is 5.86. The third-order valence-electron chi connectivity index (χ3n) is 4.46. The van der Waals surface area contributed by atoms with Crippen molar-refractivity contribution in [3.63, 3.8) is 0 Å². The first-order valence-corrected chi connectivity index (χ1v) is 7.88. The van der Waals surface area contributed by atoms with Crippen molar-refractivity contribution in [3.8, 4) is 5.69 Å². The van der Waals surface area contributed by atoms with Crippen LogP contribution < -0.4 is 0 Å². The van der Waals surface area contributed by atoms with Gasteiger partial charge in [0.1, 0.15) is 0 Å². The van der Waals surface area contributed by atoms with Crippen LogP contribution in [-0.4, -0.2) is 30.1 Å². The zero-order valence-corrected chi connectivity index (χ0v) is 13.9. The first-order chi connectivity index (χ1) is 10.6. The molecule has 3 rings (SSSR count). The molecule has 2 aromatic carbocycles. The molecule has 22 heavy (non-hydrogen) atoms. The molecular weight excluding hydrogens is 268 g/mol. The van der Waals surface area contributed by atoms with Gasteiger partial charge in [0, 0.05) is 23.8 Å². The Hall–Kier alpha value is -2.06. The molecule has 114 valence electrons. The van der Waals surface area contributed by atoms with Gasteiger partial charge in [-0.15, -0.1) is 0 Å². The quantitative estimate of drug-likeness (QED) is 0.694. The van der Waals surface area contributed by atoms with Crippen LogP contribution in [0.25, 0.3) is 16.6 Å². The highest BCUT2D eigenvalue weighted by Gasteiger charge is 2.11. The number of aromatic nitrogens is 1. The lowest BCUT2D eigenvalue weighted by molar-refractivity contribution is 0.414. The minimum Gasteiger partial charge on any atom is -0.316 e. The van der Waals surface area contributed by atoms with Gasteiger partial charge in [-0.2, -0.15) is 0 Å². The van der Waals surface area contributed by atoms with Crippen molar-refractivity contribution in [2.24, 2.45) is 0 Å². The average molecular weight is 292 g/mol. The van der Waals surface area contributed by atoms with Crippen molar-refractivity contribution in [1.29, 1.82) is 0 Å². The molecule has 0 N–H and O–H groups in total. The standard InChI is InChI=1S/C20H24N2/c1-15-8-7-11-19(16(15)2)22-14-17(12-13-21(3)4)18-9-5-6-10-20(18)22/h5-11,14H,12-13H2,1-4H3. The fourth-order valence-corrected chi connectivity index (χ4v) is 2.99. The molecule has 0 amide bonds. The van der Waals surface area contributed by atoms with Crippen molar-refractivity contribution >= 4 is 10.9 Å². The molecule has 0 bridgehead atoms. The normalized spacial score (nSPS) is 11.5. The van der Waals surface area contributed by atoms with Gasteiger partial charge in [-0.25, -0.2) is 0 Å². The number of hydrogen-bond acceptors (Lipinski definition) is 1. The number of likely N-dealkylation sites (N-methyl/N-ethyl adjacent to an activating group) is 1. The molecule has 2 nitrogen and oxygen atoms in total. The fourth-order valence-electron chi connectivity index (χ4n) is 2.99. The van der Waals surface area contributed by atoms with Crippen molar-refractivity contribution in [1.82, 2.24) is 9.47 Å². The molecule has 0 fully saturated rings. The second kappa shape index (κ2) is 5.98. The van der Waals surface area contributed by atoms with Gasteiger partial charge in [0.15, 0.2) is 0 Å². The zero-order valence-electron chi connectivity index (χ0n) is 13.9. The first-order valence-electron chi connectivity index (χ1n) is 7.88. The number of benzene rings is 2. The smallest absolute Gasteiger partial charge is 0.0531 e. The van der Waals surface area contributed by atoms with Gasteiger partial charge in [-0.1, -0.05) is 30.3 Å². The van der Waals surface area contributed by atoms with Crippen LogP contribution in [-0.2, 0) is 6.42 Å². The van der Waals surface area contributed by atoms with E-state index in [1.54, 1.807) is 0 Å². The molecule has 1 heterocycles. The number of nitrogens with zero attached hydrogens (tertiary/aromatic N) is 2. The fraction of sp³-hybridized carbons (Fsp3) is 0.300. The third kappa shape index (κ3) is 2.67. The average Bonchev–Trinajstić information content (AvgIpc) is 2.87. The van der Waals surface area contributed by atoms with Gasteiger partial charge in [0.05, 0.1) is 5.52 Å². The molecule has 0 aliphatic rings. The Kier molecular flexibility index (Phi) is 4.04. The van der Waals surface area contributed by atoms with Gasteiger partial charge in [-0.3, -0.25) is 0 Å². The largest absolute Gasteiger partial charge is 0.316 e. The number of aryl methyl sites for hydroxylation is 1. The molecule has 3 aromatic rings. The minimum absolute atomic E-state index is 1.07. The SMILES string of the molecule is Cc1cccc(-n2cc(CCN(C)C)c3ccccc32)c1C. The molecule has 0 spiro atoms. The maximum Gasteiger partial charge on any atom is 0.0531 e. The molecule has 0 unspecified atom stereocenters. The summed E-state index contributed by atoms with van der Waals surface area (Å²) in [5, 5.41) is 1.37. The summed E-state index contributed by atoms with van der Waals surface area (Å²) in [4.78, 5) is 2.24. The Morgan fingerprint density at radius 2 is 1.73 bits per heavy atom. The summed E-state index contributed by atoms with van der Waals surface area (Å²) in [6.45, 7) is 5.46. The maximum absolute atomic E-state index is 2.35. The van der Waals surface area contributed by atoms with Crippen LogP contribution in [0, 0.1) is 13.8 Å². The van der Waals surface area contributed by atoms with Crippen LogP contribution >= 0.6 is 0 Å². The molecule has 0 radical (unpaired) electrons. The molecular formula is C20H24N2. The Morgan fingerprint density at radius 1 is 0.955 bits per heavy atom. The van der Waals surface area contributed by atoms with Gasteiger partial charge in [-0.05, 0) is 63.2 Å². The van der Waals surface area contributed by atoms with Crippen LogP contribution in [0.15, 0.2) is 48.7 Å². The van der Waals surface area contributed by atoms with Gasteiger partial charge >= 0.3 is 0 Å². The summed E-state index contributed by atoms with van der Waals surface area (Å²) in [6.07, 6.45) is 3.39. The molecule has 0 atom stereocenters. The predicted octanol–water partition coefficient (Wildman–Crippen LogP) is 4.35. The number of para-hydroxylation sites is 1. The lowest BCUT2D eigenvalue weighted by Crippen LogP contribution is -2.14. The summed E-state index contributed by atoms with van der Waals surface area (Å²) in [6, 6.07) is 15.3. The molecule has 0 saturated heterocycles. The summed E-state index contributed by atoms with van der Waals surface area (Å²) in [5.41, 5.74) is 6.69. The van der Waals surface area contributed by atoms with E-state index in [4.69, 9.17) is 0 Å². The Morgan fingerprint density at radius 3 is 2.50 bits per heavy atom. The maximum atomic E-state index is 2.35. The lowest BCUT2D eigenvalue weighted by Gasteiger charge is -2.11. The van der Waals surface area contributed by atoms with E-state index in [0.717, 1.165) is 13.0 Å². The molecule has 0 aliphatic carbocycles. The zero-order chi connectivity index (χ0) is 15.7. The molecule has 0 saturated carbocycles. The van der Waals surface area contributed by atoms with Crippen LogP contribution in [0.5, 0.6) is 0 Å². The number of hydrogen-bond donors (Lipinski definition) is 0. The van der Waals surface area contributed by atoms with E-state index in [0.29, 0.717) is 0 Å². The summed E-state index contributed by atoms with van der Waals surface area (Å²) in [7, 11) is 4.26. The summed E-state index contributed by atoms with van der Waals surface area (Å²) >= 11 is 0. The van der Waals surface area contributed by atoms with Crippen molar-refractivity contribution in [3.05, 3.63) is 65.4 Å². The van der Waals surface area contributed by atoms with Crippen LogP contribution in [0.3, 0.4) is 0 Å². The van der Waals surface area contributed by atoms with E-state index in [1.807, 2.05) is 0 Å². The van der Waals surface area contributed by atoms with Crippen molar-refractivity contribution < 1.29 is 0 Å². The third-order valence-corrected chi connectivity index (χ3v) is 4.46. The van der Waals surface area contributed by atoms with E-state index in [9.17, 15) is 0 Å². The van der Waals surface area contributed by atoms with Gasteiger partial charge < -0.3 is 9.47 Å². The Balaban J connectivity index is 2.16. The highest BCUT2D eigenvalue weighted by atomic mass is 15.0. The van der Waals surface area contributed by atoms with Crippen LogP contribution in [0.4, 0.5) is 0 Å². The Bertz CT molecular complexity index is 797. The topological polar surface area (TPSA) is 8.17 Å². The van der Waals surface area contributed by atoms with Crippen LogP contribution in [0.1, 0.15) is 16.7 Å². The van der Waals surface area contributed by atoms with E-state index in [1.165, 1.54) is 33.3 Å². The summed E-state index contributed by atoms with van der Waals surface area (Å²) < 4.78 is 2.35. The van der Waals surface area contributed by atoms with Crippen LogP contribution in [0.2, 0.25) is 0 Å². The van der Waals surface area contributed by atoms with Crippen molar-refractivity contribution in [2.45, 2.75) is 20.3 Å².